The van der Waals surface area contributed by atoms with Gasteiger partial charge in [-0.05, 0) is 25.0 Å². The van der Waals surface area contributed by atoms with Crippen LogP contribution in [0.2, 0.25) is 16.9 Å². The van der Waals surface area contributed by atoms with Crippen molar-refractivity contribution >= 4 is 46.1 Å². The summed E-state index contributed by atoms with van der Waals surface area (Å²) in [7, 11) is -4.38. The zero-order chi connectivity index (χ0) is 22.1. The third kappa shape index (κ3) is 5.34. The summed E-state index contributed by atoms with van der Waals surface area (Å²) in [6.07, 6.45) is 2.42. The zero-order valence-electron chi connectivity index (χ0n) is 16.4. The Morgan fingerprint density at radius 3 is 2.70 bits per heavy atom. The highest BCUT2D eigenvalue weighted by atomic mass is 35.5. The summed E-state index contributed by atoms with van der Waals surface area (Å²) in [5.41, 5.74) is 0.307. The van der Waals surface area contributed by atoms with E-state index in [1.165, 1.54) is 6.20 Å². The molecule has 1 aliphatic rings. The van der Waals surface area contributed by atoms with Crippen LogP contribution in [0.5, 0.6) is 0 Å². The molecule has 30 heavy (non-hydrogen) atoms. The number of hydrogen-bond donors (Lipinski definition) is 1. The maximum absolute atomic E-state index is 12.9. The van der Waals surface area contributed by atoms with E-state index in [0.29, 0.717) is 36.0 Å². The molecule has 1 aromatic carbocycles. The lowest BCUT2D eigenvalue weighted by Crippen LogP contribution is -2.58. The normalized spacial score (nSPS) is 17.9. The molecule has 0 amide bonds. The monoisotopic (exact) mass is 474 g/mol. The Morgan fingerprint density at radius 1 is 1.33 bits per heavy atom. The van der Waals surface area contributed by atoms with Crippen LogP contribution in [0.15, 0.2) is 35.3 Å². The van der Waals surface area contributed by atoms with Gasteiger partial charge in [-0.25, -0.2) is 0 Å². The highest BCUT2D eigenvalue weighted by Gasteiger charge is 2.33. The summed E-state index contributed by atoms with van der Waals surface area (Å²) in [4.78, 5) is 16.4. The van der Waals surface area contributed by atoms with Gasteiger partial charge < -0.3 is 14.7 Å². The minimum atomic E-state index is -3.67. The van der Waals surface area contributed by atoms with Crippen molar-refractivity contribution in [3.05, 3.63) is 50.9 Å². The molecule has 0 bridgehead atoms. The molecule has 0 saturated carbocycles. The van der Waals surface area contributed by atoms with E-state index in [1.807, 2.05) is 0 Å². The molecule has 9 nitrogen and oxygen atoms in total. The van der Waals surface area contributed by atoms with Crippen molar-refractivity contribution in [1.82, 2.24) is 14.6 Å². The van der Waals surface area contributed by atoms with Crippen molar-refractivity contribution in [2.45, 2.75) is 12.9 Å². The number of benzene rings is 1. The molecule has 1 aromatic heterocycles. The molecule has 0 aliphatic carbocycles. The largest absolute Gasteiger partial charge is 0.437 e. The number of hydrogen-bond acceptors (Lipinski definition) is 8. The predicted molar refractivity (Wildman–Crippen MR) is 117 cm³/mol. The zero-order valence-corrected chi connectivity index (χ0v) is 18.7. The summed E-state index contributed by atoms with van der Waals surface area (Å²) in [6, 6.07) is 6.18. The molecule has 2 aromatic rings. The molecule has 1 atom stereocenters. The topological polar surface area (TPSA) is 105 Å². The lowest BCUT2D eigenvalue weighted by molar-refractivity contribution is 0.228. The number of nitrogens with zero attached hydrogens (tertiary/aromatic N) is 4. The molecule has 0 spiro atoms. The summed E-state index contributed by atoms with van der Waals surface area (Å²) in [5.74, 6) is 0. The molecule has 1 N–H and O–H groups in total. The SMILES string of the molecule is CB(O)N1CCN(c2cnn(-c3cccc(Cl)c3)c(=O)c2Cl)C(COS(C)(=O)=O)C1. The Morgan fingerprint density at radius 2 is 2.07 bits per heavy atom. The lowest BCUT2D eigenvalue weighted by atomic mass is 9.83. The molecule has 3 rings (SSSR count). The van der Waals surface area contributed by atoms with Crippen molar-refractivity contribution < 1.29 is 17.6 Å². The first kappa shape index (κ1) is 23.0. The second kappa shape index (κ2) is 9.25. The first-order valence-corrected chi connectivity index (χ1v) is 11.7. The van der Waals surface area contributed by atoms with Crippen LogP contribution in [0.4, 0.5) is 5.69 Å². The quantitative estimate of drug-likeness (QED) is 0.490. The van der Waals surface area contributed by atoms with Crippen LogP contribution in [0.25, 0.3) is 5.69 Å². The van der Waals surface area contributed by atoms with Crippen molar-refractivity contribution in [3.63, 3.8) is 0 Å². The summed E-state index contributed by atoms with van der Waals surface area (Å²) in [5, 5.41) is 14.5. The fourth-order valence-corrected chi connectivity index (χ4v) is 4.12. The van der Waals surface area contributed by atoms with Gasteiger partial charge in [0.05, 0.1) is 36.5 Å². The van der Waals surface area contributed by atoms with E-state index >= 15 is 0 Å². The van der Waals surface area contributed by atoms with Crippen LogP contribution in [-0.4, -0.2) is 73.6 Å². The Kier molecular flexibility index (Phi) is 7.11. The van der Waals surface area contributed by atoms with Crippen LogP contribution < -0.4 is 10.5 Å². The van der Waals surface area contributed by atoms with E-state index in [0.717, 1.165) is 10.9 Å². The molecule has 1 fully saturated rings. The number of aromatic nitrogens is 2. The first-order valence-electron chi connectivity index (χ1n) is 9.14. The Labute approximate surface area is 185 Å². The minimum absolute atomic E-state index is 0.0557. The van der Waals surface area contributed by atoms with Gasteiger partial charge in [0.1, 0.15) is 5.02 Å². The maximum atomic E-state index is 12.9. The minimum Gasteiger partial charge on any atom is -0.437 e. The number of anilines is 1. The summed E-state index contributed by atoms with van der Waals surface area (Å²) in [6.45, 7) is 2.67. The predicted octanol–water partition coefficient (Wildman–Crippen LogP) is 1.12. The highest BCUT2D eigenvalue weighted by molar-refractivity contribution is 7.85. The van der Waals surface area contributed by atoms with E-state index in [2.05, 4.69) is 5.10 Å². The van der Waals surface area contributed by atoms with Crippen molar-refractivity contribution in [2.24, 2.45) is 0 Å². The van der Waals surface area contributed by atoms with Gasteiger partial charge in [0.25, 0.3) is 15.7 Å². The van der Waals surface area contributed by atoms with E-state index in [1.54, 1.807) is 40.8 Å². The molecular weight excluding hydrogens is 454 g/mol. The van der Waals surface area contributed by atoms with Crippen molar-refractivity contribution in [2.75, 3.05) is 37.4 Å². The third-order valence-corrected chi connectivity index (χ3v) is 5.93. The van der Waals surface area contributed by atoms with Gasteiger partial charge >= 0.3 is 7.05 Å². The van der Waals surface area contributed by atoms with E-state index < -0.39 is 28.8 Å². The van der Waals surface area contributed by atoms with Crippen molar-refractivity contribution in [1.29, 1.82) is 0 Å². The van der Waals surface area contributed by atoms with Crippen LogP contribution in [0.3, 0.4) is 0 Å². The molecule has 1 aliphatic heterocycles. The Balaban J connectivity index is 1.95. The summed E-state index contributed by atoms with van der Waals surface area (Å²) >= 11 is 12.4. The van der Waals surface area contributed by atoms with E-state index in [9.17, 15) is 18.2 Å². The average Bonchev–Trinajstić information content (AvgIpc) is 2.68. The molecule has 1 saturated heterocycles. The molecular formula is C17H21BCl2N4O5S. The van der Waals surface area contributed by atoms with Crippen LogP contribution >= 0.6 is 23.2 Å². The van der Waals surface area contributed by atoms with Gasteiger partial charge in [-0.2, -0.15) is 18.2 Å². The number of rotatable bonds is 6. The number of halogens is 2. The van der Waals surface area contributed by atoms with Gasteiger partial charge in [-0.3, -0.25) is 8.98 Å². The van der Waals surface area contributed by atoms with Gasteiger partial charge in [0.2, 0.25) is 0 Å². The van der Waals surface area contributed by atoms with Gasteiger partial charge in [-0.15, -0.1) is 0 Å². The van der Waals surface area contributed by atoms with Gasteiger partial charge in [-0.1, -0.05) is 29.3 Å². The fourth-order valence-electron chi connectivity index (χ4n) is 3.30. The highest BCUT2D eigenvalue weighted by Crippen LogP contribution is 2.27. The molecule has 0 radical (unpaired) electrons. The maximum Gasteiger partial charge on any atom is 0.376 e. The standard InChI is InChI=1S/C17H21BCl2N4O5S/c1-18(26)22-6-7-23(14(10-22)11-29-30(2,27)28)15-9-21-24(17(25)16(15)20)13-5-3-4-12(19)8-13/h3-5,8-9,14,26H,6-7,10-11H2,1-2H3. The first-order chi connectivity index (χ1) is 14.1. The van der Waals surface area contributed by atoms with Gasteiger partial charge in [0, 0.05) is 24.7 Å². The van der Waals surface area contributed by atoms with E-state index in [4.69, 9.17) is 27.4 Å². The molecule has 2 heterocycles. The molecule has 162 valence electrons. The van der Waals surface area contributed by atoms with Crippen LogP contribution in [-0.2, 0) is 14.3 Å². The van der Waals surface area contributed by atoms with Crippen LogP contribution in [0, 0.1) is 0 Å². The number of piperazine rings is 1. The second-order valence-corrected chi connectivity index (χ2v) is 9.46. The fraction of sp³-hybridized carbons (Fsp3) is 0.412. The second-order valence-electron chi connectivity index (χ2n) is 7.00. The Hall–Kier alpha value is -1.63. The Bertz CT molecular complexity index is 1080. The van der Waals surface area contributed by atoms with Crippen molar-refractivity contribution in [3.8, 4) is 5.69 Å². The molecule has 1 unspecified atom stereocenters. The van der Waals surface area contributed by atoms with E-state index in [-0.39, 0.29) is 11.6 Å². The summed E-state index contributed by atoms with van der Waals surface area (Å²) < 4.78 is 29.1. The average molecular weight is 475 g/mol. The lowest BCUT2D eigenvalue weighted by Gasteiger charge is -2.43. The smallest absolute Gasteiger partial charge is 0.376 e. The van der Waals surface area contributed by atoms with Crippen LogP contribution in [0.1, 0.15) is 0 Å². The molecule has 13 heteroatoms. The third-order valence-electron chi connectivity index (χ3n) is 4.78. The van der Waals surface area contributed by atoms with Gasteiger partial charge in [0.15, 0.2) is 0 Å².